The van der Waals surface area contributed by atoms with Crippen LogP contribution >= 0.6 is 0 Å². The smallest absolute Gasteiger partial charge is 0.229 e. The maximum Gasteiger partial charge on any atom is 0.229 e. The molecule has 0 atom stereocenters. The van der Waals surface area contributed by atoms with Gasteiger partial charge in [-0.1, -0.05) is 0 Å². The minimum Gasteiger partial charge on any atom is -0.343 e. The second kappa shape index (κ2) is 6.38. The Bertz CT molecular complexity index is 809. The van der Waals surface area contributed by atoms with Crippen LogP contribution in [0.15, 0.2) is 29.5 Å². The van der Waals surface area contributed by atoms with Gasteiger partial charge < -0.3 is 5.32 Å². The molecular weight excluding hydrogens is 297 g/mol. The average molecular weight is 305 g/mol. The number of allylic oxidation sites excluding steroid dienone is 2. The predicted molar refractivity (Wildman–Crippen MR) is 72.4 cm³/mol. The van der Waals surface area contributed by atoms with Gasteiger partial charge >= 0.3 is 0 Å². The van der Waals surface area contributed by atoms with Crippen LogP contribution in [0, 0.1) is 39.8 Å². The zero-order valence-corrected chi connectivity index (χ0v) is 11.5. The van der Waals surface area contributed by atoms with Gasteiger partial charge in [0.2, 0.25) is 10.0 Å². The second-order valence-electron chi connectivity index (χ2n) is 3.78. The molecule has 1 aromatic rings. The molecule has 2 N–H and O–H groups in total. The van der Waals surface area contributed by atoms with Gasteiger partial charge in [-0.15, -0.1) is 0 Å². The molecule has 0 amide bonds. The first kappa shape index (κ1) is 16.0. The Morgan fingerprint density at radius 1 is 1.19 bits per heavy atom. The molecule has 0 spiro atoms. The van der Waals surface area contributed by atoms with Gasteiger partial charge in [-0.05, 0) is 18.2 Å². The molecule has 0 aromatic heterocycles. The van der Waals surface area contributed by atoms with Gasteiger partial charge in [-0.2, -0.15) is 15.8 Å². The fourth-order valence-corrected chi connectivity index (χ4v) is 1.87. The number of nitrogens with zero attached hydrogens (tertiary/aromatic N) is 3. The maximum absolute atomic E-state index is 13.6. The maximum atomic E-state index is 13.6. The van der Waals surface area contributed by atoms with Crippen molar-refractivity contribution in [2.24, 2.45) is 0 Å². The molecule has 0 saturated carbocycles. The van der Waals surface area contributed by atoms with Crippen molar-refractivity contribution in [3.05, 3.63) is 35.3 Å². The molecule has 0 heterocycles. The second-order valence-corrected chi connectivity index (χ2v) is 5.53. The van der Waals surface area contributed by atoms with E-state index in [4.69, 9.17) is 15.8 Å². The molecule has 0 radical (unpaired) electrons. The van der Waals surface area contributed by atoms with Crippen molar-refractivity contribution < 1.29 is 12.8 Å². The highest BCUT2D eigenvalue weighted by Gasteiger charge is 2.11. The van der Waals surface area contributed by atoms with E-state index in [0.717, 1.165) is 18.4 Å². The summed E-state index contributed by atoms with van der Waals surface area (Å²) in [5.74, 6) is -0.781. The number of hydrogen-bond donors (Lipinski definition) is 2. The fraction of sp³-hybridized carbons (Fsp3) is 0.0833. The Kier molecular flexibility index (Phi) is 4.85. The lowest BCUT2D eigenvalue weighted by Gasteiger charge is -2.09. The molecule has 0 saturated heterocycles. The van der Waals surface area contributed by atoms with E-state index in [2.05, 4.69) is 10.0 Å². The third-order valence-corrected chi connectivity index (χ3v) is 2.72. The molecule has 0 aliphatic carbocycles. The van der Waals surface area contributed by atoms with E-state index in [0.29, 0.717) is 0 Å². The van der Waals surface area contributed by atoms with Crippen LogP contribution in [0.5, 0.6) is 0 Å². The van der Waals surface area contributed by atoms with Gasteiger partial charge in [0, 0.05) is 0 Å². The molecule has 21 heavy (non-hydrogen) atoms. The molecule has 1 rings (SSSR count). The van der Waals surface area contributed by atoms with Crippen molar-refractivity contribution in [3.63, 3.8) is 0 Å². The van der Waals surface area contributed by atoms with E-state index in [1.165, 1.54) is 18.2 Å². The van der Waals surface area contributed by atoms with E-state index >= 15 is 0 Å². The van der Waals surface area contributed by atoms with E-state index in [-0.39, 0.29) is 11.4 Å². The van der Waals surface area contributed by atoms with Gasteiger partial charge in [0.1, 0.15) is 29.7 Å². The minimum atomic E-state index is -3.55. The first-order valence-corrected chi connectivity index (χ1v) is 7.18. The fourth-order valence-electron chi connectivity index (χ4n) is 1.32. The highest BCUT2D eigenvalue weighted by Crippen LogP contribution is 2.22. The first-order valence-electron chi connectivity index (χ1n) is 5.29. The van der Waals surface area contributed by atoms with Crippen LogP contribution in [0.2, 0.25) is 0 Å². The first-order chi connectivity index (χ1) is 9.80. The van der Waals surface area contributed by atoms with Gasteiger partial charge in [-0.3, -0.25) is 4.72 Å². The van der Waals surface area contributed by atoms with Crippen molar-refractivity contribution in [2.75, 3.05) is 16.3 Å². The Labute approximate surface area is 120 Å². The summed E-state index contributed by atoms with van der Waals surface area (Å²) in [6.45, 7) is 0. The topological polar surface area (TPSA) is 130 Å². The third-order valence-electron chi connectivity index (χ3n) is 2.11. The van der Waals surface area contributed by atoms with Gasteiger partial charge in [0.05, 0.1) is 17.6 Å². The molecule has 0 unspecified atom stereocenters. The van der Waals surface area contributed by atoms with Crippen LogP contribution in [0.1, 0.15) is 0 Å². The van der Waals surface area contributed by atoms with E-state index in [1.807, 2.05) is 0 Å². The summed E-state index contributed by atoms with van der Waals surface area (Å²) >= 11 is 0. The highest BCUT2D eigenvalue weighted by atomic mass is 32.2. The number of anilines is 2. The van der Waals surface area contributed by atoms with Gasteiger partial charge in [0.25, 0.3) is 0 Å². The van der Waals surface area contributed by atoms with Gasteiger partial charge in [0.15, 0.2) is 5.57 Å². The van der Waals surface area contributed by atoms with E-state index in [1.54, 1.807) is 6.07 Å². The zero-order chi connectivity index (χ0) is 16.0. The van der Waals surface area contributed by atoms with Crippen molar-refractivity contribution >= 4 is 21.4 Å². The highest BCUT2D eigenvalue weighted by molar-refractivity contribution is 7.92. The lowest BCUT2D eigenvalue weighted by Crippen LogP contribution is -2.10. The molecule has 0 aliphatic rings. The van der Waals surface area contributed by atoms with Crippen LogP contribution in [-0.4, -0.2) is 14.7 Å². The number of hydrogen-bond acceptors (Lipinski definition) is 6. The third kappa shape index (κ3) is 4.50. The largest absolute Gasteiger partial charge is 0.343 e. The number of benzene rings is 1. The molecule has 0 fully saturated rings. The predicted octanol–water partition coefficient (Wildman–Crippen LogP) is 1.43. The Hall–Kier alpha value is -3.09. The summed E-state index contributed by atoms with van der Waals surface area (Å²) in [5.41, 5.74) is -1.13. The van der Waals surface area contributed by atoms with Crippen LogP contribution < -0.4 is 10.0 Å². The molecule has 0 aliphatic heterocycles. The standard InChI is InChI=1S/C12H8FN5O2S/c1-21(19,20)18-9-2-3-10(13)11(4-9)17-12(7-16)8(5-14)6-15/h2-4,17-18H,1H3. The SMILES string of the molecule is CS(=O)(=O)Nc1ccc(F)c(NC(C#N)=C(C#N)C#N)c1. The monoisotopic (exact) mass is 305 g/mol. The zero-order valence-electron chi connectivity index (χ0n) is 10.7. The van der Waals surface area contributed by atoms with E-state index in [9.17, 15) is 12.8 Å². The summed E-state index contributed by atoms with van der Waals surface area (Å²) in [6.07, 6.45) is 0.924. The Morgan fingerprint density at radius 2 is 1.81 bits per heavy atom. The normalized spacial score (nSPS) is 9.67. The van der Waals surface area contributed by atoms with Crippen LogP contribution in [0.25, 0.3) is 0 Å². The van der Waals surface area contributed by atoms with E-state index < -0.39 is 27.1 Å². The van der Waals surface area contributed by atoms with Crippen LogP contribution in [0.3, 0.4) is 0 Å². The number of rotatable bonds is 4. The van der Waals surface area contributed by atoms with Crippen molar-refractivity contribution in [2.45, 2.75) is 0 Å². The lowest BCUT2D eigenvalue weighted by atomic mass is 10.2. The van der Waals surface area contributed by atoms with Gasteiger partial charge in [-0.25, -0.2) is 12.8 Å². The minimum absolute atomic E-state index is 0.0640. The number of halogens is 1. The van der Waals surface area contributed by atoms with Crippen LogP contribution in [0.4, 0.5) is 15.8 Å². The summed E-state index contributed by atoms with van der Waals surface area (Å²) in [6, 6.07) is 7.82. The Morgan fingerprint density at radius 3 is 2.29 bits per heavy atom. The molecule has 9 heteroatoms. The Balaban J connectivity index is 3.24. The molecule has 1 aromatic carbocycles. The summed E-state index contributed by atoms with van der Waals surface area (Å²) in [7, 11) is -3.55. The van der Waals surface area contributed by atoms with Crippen molar-refractivity contribution in [1.29, 1.82) is 15.8 Å². The number of nitriles is 3. The molecule has 7 nitrogen and oxygen atoms in total. The average Bonchev–Trinajstić information content (AvgIpc) is 2.40. The summed E-state index contributed by atoms with van der Waals surface area (Å²) in [4.78, 5) is 0. The molecule has 106 valence electrons. The van der Waals surface area contributed by atoms with Crippen molar-refractivity contribution in [3.8, 4) is 18.2 Å². The summed E-state index contributed by atoms with van der Waals surface area (Å²) in [5, 5.41) is 28.5. The number of sulfonamides is 1. The summed E-state index contributed by atoms with van der Waals surface area (Å²) < 4.78 is 38.0. The van der Waals surface area contributed by atoms with Crippen LogP contribution in [-0.2, 0) is 10.0 Å². The molecule has 0 bridgehead atoms. The number of nitrogens with one attached hydrogen (secondary N) is 2. The lowest BCUT2D eigenvalue weighted by molar-refractivity contribution is 0.606. The molecular formula is C12H8FN5O2S. The van der Waals surface area contributed by atoms with Crippen molar-refractivity contribution in [1.82, 2.24) is 0 Å². The quantitative estimate of drug-likeness (QED) is 0.809.